The van der Waals surface area contributed by atoms with E-state index in [1.54, 1.807) is 4.90 Å². The topological polar surface area (TPSA) is 81.8 Å². The minimum atomic E-state index is -0.554. The number of rotatable bonds is 4. The lowest BCUT2D eigenvalue weighted by Gasteiger charge is -2.42. The summed E-state index contributed by atoms with van der Waals surface area (Å²) in [5, 5.41) is 5.96. The number of fused-ring (bicyclic) bond motifs is 1. The van der Waals surface area contributed by atoms with Gasteiger partial charge >= 0.3 is 0 Å². The summed E-state index contributed by atoms with van der Waals surface area (Å²) >= 11 is 0. The third kappa shape index (κ3) is 4.01. The van der Waals surface area contributed by atoms with Crippen molar-refractivity contribution >= 4 is 17.7 Å². The lowest BCUT2D eigenvalue weighted by Crippen LogP contribution is -2.52. The summed E-state index contributed by atoms with van der Waals surface area (Å²) in [4.78, 5) is 41.3. The van der Waals surface area contributed by atoms with E-state index in [9.17, 15) is 14.4 Å². The Morgan fingerprint density at radius 3 is 2.74 bits per heavy atom. The molecule has 0 spiro atoms. The van der Waals surface area contributed by atoms with E-state index in [4.69, 9.17) is 0 Å². The van der Waals surface area contributed by atoms with Crippen LogP contribution in [0.5, 0.6) is 0 Å². The average molecular weight is 425 g/mol. The Kier molecular flexibility index (Phi) is 5.80. The van der Waals surface area contributed by atoms with Crippen molar-refractivity contribution in [3.8, 4) is 0 Å². The molecule has 3 amide bonds. The molecule has 5 rings (SSSR count). The van der Waals surface area contributed by atoms with E-state index in [1.807, 2.05) is 12.1 Å². The Morgan fingerprint density at radius 2 is 1.94 bits per heavy atom. The molecule has 7 nitrogen and oxygen atoms in total. The maximum absolute atomic E-state index is 13.1. The zero-order valence-corrected chi connectivity index (χ0v) is 18.1. The average Bonchev–Trinajstić information content (AvgIpc) is 3.12. The van der Waals surface area contributed by atoms with E-state index in [1.165, 1.54) is 37.7 Å². The number of amides is 3. The number of carbonyl (C=O) groups excluding carboxylic acids is 3. The van der Waals surface area contributed by atoms with E-state index in [-0.39, 0.29) is 24.1 Å². The van der Waals surface area contributed by atoms with Crippen LogP contribution in [0.25, 0.3) is 0 Å². The van der Waals surface area contributed by atoms with Gasteiger partial charge in [0.15, 0.2) is 0 Å². The van der Waals surface area contributed by atoms with E-state index >= 15 is 0 Å². The van der Waals surface area contributed by atoms with Gasteiger partial charge in [-0.1, -0.05) is 18.6 Å². The van der Waals surface area contributed by atoms with Crippen LogP contribution in [0.15, 0.2) is 18.2 Å². The number of nitrogens with zero attached hydrogens (tertiary/aromatic N) is 2. The van der Waals surface area contributed by atoms with Gasteiger partial charge in [0, 0.05) is 31.1 Å². The monoisotopic (exact) mass is 424 g/mol. The predicted molar refractivity (Wildman–Crippen MR) is 116 cm³/mol. The van der Waals surface area contributed by atoms with Gasteiger partial charge in [-0.15, -0.1) is 0 Å². The molecular formula is C24H32N4O3. The van der Waals surface area contributed by atoms with Crippen molar-refractivity contribution in [2.24, 2.45) is 5.92 Å². The maximum atomic E-state index is 13.1. The highest BCUT2D eigenvalue weighted by molar-refractivity contribution is 6.05. The van der Waals surface area contributed by atoms with Crippen molar-refractivity contribution in [1.29, 1.82) is 0 Å². The van der Waals surface area contributed by atoms with Crippen molar-refractivity contribution in [1.82, 2.24) is 20.4 Å². The standard InChI is InChI=1S/C24H32N4O3/c29-22-10-9-21(23(30)26-22)28-15-19-17(5-3-7-18(19)24(28)31)14-27-12-2-1-8-20(27)16-6-4-11-25-13-16/h3,5,7,16,20-21,25H,1-2,4,6,8-15H2,(H,26,29,30). The number of carbonyl (C=O) groups is 3. The normalized spacial score (nSPS) is 29.7. The number of hydrogen-bond acceptors (Lipinski definition) is 5. The van der Waals surface area contributed by atoms with Gasteiger partial charge in [-0.05, 0) is 74.8 Å². The second kappa shape index (κ2) is 8.71. The summed E-state index contributed by atoms with van der Waals surface area (Å²) in [5.74, 6) is 0.0183. The number of piperidine rings is 3. The van der Waals surface area contributed by atoms with Gasteiger partial charge in [-0.3, -0.25) is 24.6 Å². The van der Waals surface area contributed by atoms with E-state index in [2.05, 4.69) is 21.6 Å². The quantitative estimate of drug-likeness (QED) is 0.721. The molecule has 3 fully saturated rings. The van der Waals surface area contributed by atoms with Gasteiger partial charge < -0.3 is 10.2 Å². The molecular weight excluding hydrogens is 392 g/mol. The second-order valence-electron chi connectivity index (χ2n) is 9.48. The molecule has 3 unspecified atom stereocenters. The molecule has 7 heteroatoms. The van der Waals surface area contributed by atoms with Gasteiger partial charge in [0.25, 0.3) is 5.91 Å². The molecule has 4 heterocycles. The highest BCUT2D eigenvalue weighted by Gasteiger charge is 2.40. The Labute approximate surface area is 183 Å². The molecule has 3 atom stereocenters. The Hall–Kier alpha value is -2.25. The summed E-state index contributed by atoms with van der Waals surface area (Å²) < 4.78 is 0. The van der Waals surface area contributed by atoms with E-state index in [0.29, 0.717) is 24.9 Å². The largest absolute Gasteiger partial charge is 0.322 e. The number of nitrogens with one attached hydrogen (secondary N) is 2. The lowest BCUT2D eigenvalue weighted by atomic mass is 9.85. The number of hydrogen-bond donors (Lipinski definition) is 2. The van der Waals surface area contributed by atoms with Crippen LogP contribution in [0.3, 0.4) is 0 Å². The Balaban J connectivity index is 1.35. The third-order valence-electron chi connectivity index (χ3n) is 7.60. The summed E-state index contributed by atoms with van der Waals surface area (Å²) in [6, 6.07) is 6.04. The molecule has 4 aliphatic rings. The Morgan fingerprint density at radius 1 is 1.03 bits per heavy atom. The van der Waals surface area contributed by atoms with Gasteiger partial charge in [-0.25, -0.2) is 0 Å². The number of likely N-dealkylation sites (tertiary alicyclic amines) is 1. The first kappa shape index (κ1) is 20.6. The molecule has 0 saturated carbocycles. The van der Waals surface area contributed by atoms with Crippen LogP contribution in [0.4, 0.5) is 0 Å². The van der Waals surface area contributed by atoms with Gasteiger partial charge in [0.2, 0.25) is 11.8 Å². The highest BCUT2D eigenvalue weighted by atomic mass is 16.2. The molecule has 4 aliphatic heterocycles. The first-order valence-corrected chi connectivity index (χ1v) is 11.8. The fourth-order valence-electron chi connectivity index (χ4n) is 5.97. The molecule has 2 N–H and O–H groups in total. The summed E-state index contributed by atoms with van der Waals surface area (Å²) in [6.45, 7) is 4.67. The van der Waals surface area contributed by atoms with Crippen LogP contribution >= 0.6 is 0 Å². The fraction of sp³-hybridized carbons (Fsp3) is 0.625. The molecule has 1 aromatic rings. The molecule has 31 heavy (non-hydrogen) atoms. The van der Waals surface area contributed by atoms with E-state index < -0.39 is 6.04 Å². The second-order valence-corrected chi connectivity index (χ2v) is 9.48. The lowest BCUT2D eigenvalue weighted by molar-refractivity contribution is -0.136. The number of benzene rings is 1. The van der Waals surface area contributed by atoms with Crippen molar-refractivity contribution in [2.45, 2.75) is 70.1 Å². The van der Waals surface area contributed by atoms with Crippen molar-refractivity contribution in [3.63, 3.8) is 0 Å². The van der Waals surface area contributed by atoms with Crippen LogP contribution in [0.1, 0.15) is 66.4 Å². The van der Waals surface area contributed by atoms with Crippen molar-refractivity contribution < 1.29 is 14.4 Å². The predicted octanol–water partition coefficient (Wildman–Crippen LogP) is 1.80. The molecule has 1 aromatic carbocycles. The third-order valence-corrected chi connectivity index (χ3v) is 7.60. The fourth-order valence-corrected chi connectivity index (χ4v) is 5.97. The first-order chi connectivity index (χ1) is 15.1. The Bertz CT molecular complexity index is 880. The molecule has 0 aliphatic carbocycles. The van der Waals surface area contributed by atoms with Gasteiger partial charge in [0.1, 0.15) is 6.04 Å². The van der Waals surface area contributed by atoms with Crippen molar-refractivity contribution in [3.05, 3.63) is 34.9 Å². The van der Waals surface area contributed by atoms with Gasteiger partial charge in [0.05, 0.1) is 0 Å². The van der Waals surface area contributed by atoms with Gasteiger partial charge in [-0.2, -0.15) is 0 Å². The summed E-state index contributed by atoms with van der Waals surface area (Å²) in [6.07, 6.45) is 7.02. The number of imide groups is 1. The highest BCUT2D eigenvalue weighted by Crippen LogP contribution is 2.33. The van der Waals surface area contributed by atoms with E-state index in [0.717, 1.165) is 37.3 Å². The summed E-state index contributed by atoms with van der Waals surface area (Å²) in [5.41, 5.74) is 2.98. The zero-order valence-electron chi connectivity index (χ0n) is 18.1. The molecule has 166 valence electrons. The molecule has 0 bridgehead atoms. The van der Waals surface area contributed by atoms with Crippen LogP contribution in [0.2, 0.25) is 0 Å². The molecule has 0 radical (unpaired) electrons. The molecule has 3 saturated heterocycles. The first-order valence-electron chi connectivity index (χ1n) is 11.8. The van der Waals surface area contributed by atoms with Crippen LogP contribution < -0.4 is 10.6 Å². The van der Waals surface area contributed by atoms with Crippen LogP contribution in [-0.2, 0) is 22.7 Å². The van der Waals surface area contributed by atoms with Crippen molar-refractivity contribution in [2.75, 3.05) is 19.6 Å². The van der Waals surface area contributed by atoms with Crippen LogP contribution in [-0.4, -0.2) is 59.2 Å². The smallest absolute Gasteiger partial charge is 0.255 e. The minimum Gasteiger partial charge on any atom is -0.322 e. The maximum Gasteiger partial charge on any atom is 0.255 e. The molecule has 0 aromatic heterocycles. The summed E-state index contributed by atoms with van der Waals surface area (Å²) in [7, 11) is 0. The van der Waals surface area contributed by atoms with Crippen LogP contribution in [0, 0.1) is 5.92 Å². The minimum absolute atomic E-state index is 0.0852. The SMILES string of the molecule is O=C1CCC(N2Cc3c(CN4CCCCC4C4CCCNC4)cccc3C2=O)C(=O)N1. The zero-order chi connectivity index (χ0) is 21.4.